The number of nitrogens with zero attached hydrogens (tertiary/aromatic N) is 3. The molecule has 0 amide bonds. The van der Waals surface area contributed by atoms with Gasteiger partial charge in [0.05, 0.1) is 0 Å². The summed E-state index contributed by atoms with van der Waals surface area (Å²) < 4.78 is 0. The molecule has 3 N–H and O–H groups in total. The van der Waals surface area contributed by atoms with E-state index in [1.807, 2.05) is 0 Å². The first-order valence-electron chi connectivity index (χ1n) is 4.30. The summed E-state index contributed by atoms with van der Waals surface area (Å²) in [6.07, 6.45) is 1.40. The van der Waals surface area contributed by atoms with Gasteiger partial charge in [0.1, 0.15) is 6.33 Å². The van der Waals surface area contributed by atoms with Crippen molar-refractivity contribution in [2.45, 2.75) is 26.8 Å². The highest BCUT2D eigenvalue weighted by Crippen LogP contribution is 2.07. The fourth-order valence-electron chi connectivity index (χ4n) is 0.749. The molecular formula is C8H15N5. The summed E-state index contributed by atoms with van der Waals surface area (Å²) in [6, 6.07) is 0.321. The van der Waals surface area contributed by atoms with Gasteiger partial charge >= 0.3 is 0 Å². The van der Waals surface area contributed by atoms with Gasteiger partial charge in [-0.25, -0.2) is 9.97 Å². The molecule has 0 fully saturated rings. The van der Waals surface area contributed by atoms with Crippen LogP contribution in [0.1, 0.15) is 20.8 Å². The van der Waals surface area contributed by atoms with Gasteiger partial charge < -0.3 is 11.1 Å². The zero-order valence-electron chi connectivity index (χ0n) is 8.15. The lowest BCUT2D eigenvalue weighted by atomic mass is 10.1. The molecule has 13 heavy (non-hydrogen) atoms. The molecule has 5 heteroatoms. The quantitative estimate of drug-likeness (QED) is 0.724. The van der Waals surface area contributed by atoms with Crippen molar-refractivity contribution >= 4 is 11.9 Å². The normalized spacial score (nSPS) is 12.9. The van der Waals surface area contributed by atoms with Crippen molar-refractivity contribution in [1.82, 2.24) is 15.0 Å². The summed E-state index contributed by atoms with van der Waals surface area (Å²) in [7, 11) is 0. The first-order chi connectivity index (χ1) is 6.09. The molecule has 0 saturated heterocycles. The van der Waals surface area contributed by atoms with Crippen LogP contribution in [0.15, 0.2) is 6.33 Å². The van der Waals surface area contributed by atoms with Gasteiger partial charge in [0.2, 0.25) is 11.9 Å². The number of hydrogen-bond donors (Lipinski definition) is 2. The first-order valence-corrected chi connectivity index (χ1v) is 4.30. The lowest BCUT2D eigenvalue weighted by Crippen LogP contribution is -2.23. The Labute approximate surface area is 77.8 Å². The van der Waals surface area contributed by atoms with E-state index in [1.54, 1.807) is 0 Å². The number of nitrogens with one attached hydrogen (secondary N) is 1. The molecule has 0 aliphatic heterocycles. The SMILES string of the molecule is CC(C)C(C)Nc1ncnc(N)n1. The molecule has 5 nitrogen and oxygen atoms in total. The summed E-state index contributed by atoms with van der Waals surface area (Å²) in [4.78, 5) is 11.6. The van der Waals surface area contributed by atoms with Gasteiger partial charge in [0.25, 0.3) is 0 Å². The Balaban J connectivity index is 2.64. The van der Waals surface area contributed by atoms with E-state index in [0.717, 1.165) is 0 Å². The van der Waals surface area contributed by atoms with Crippen LogP contribution in [0.2, 0.25) is 0 Å². The van der Waals surface area contributed by atoms with Crippen LogP contribution in [0.4, 0.5) is 11.9 Å². The molecular weight excluding hydrogens is 166 g/mol. The zero-order valence-corrected chi connectivity index (χ0v) is 8.15. The van der Waals surface area contributed by atoms with Crippen molar-refractivity contribution in [3.8, 4) is 0 Å². The molecule has 1 aromatic heterocycles. The zero-order chi connectivity index (χ0) is 9.84. The third-order valence-electron chi connectivity index (χ3n) is 1.95. The fourth-order valence-corrected chi connectivity index (χ4v) is 0.749. The molecule has 0 aromatic carbocycles. The van der Waals surface area contributed by atoms with E-state index in [4.69, 9.17) is 5.73 Å². The molecule has 72 valence electrons. The smallest absolute Gasteiger partial charge is 0.227 e. The minimum Gasteiger partial charge on any atom is -0.368 e. The lowest BCUT2D eigenvalue weighted by Gasteiger charge is -2.16. The van der Waals surface area contributed by atoms with Crippen molar-refractivity contribution in [3.63, 3.8) is 0 Å². The van der Waals surface area contributed by atoms with Gasteiger partial charge in [-0.15, -0.1) is 0 Å². The van der Waals surface area contributed by atoms with Crippen LogP contribution in [0.5, 0.6) is 0 Å². The van der Waals surface area contributed by atoms with Crippen LogP contribution in [0.25, 0.3) is 0 Å². The molecule has 1 heterocycles. The highest BCUT2D eigenvalue weighted by Gasteiger charge is 2.07. The van der Waals surface area contributed by atoms with E-state index >= 15 is 0 Å². The Morgan fingerprint density at radius 1 is 1.31 bits per heavy atom. The average molecular weight is 181 g/mol. The van der Waals surface area contributed by atoms with Crippen molar-refractivity contribution in [2.24, 2.45) is 5.92 Å². The van der Waals surface area contributed by atoms with Gasteiger partial charge in [0, 0.05) is 6.04 Å². The summed E-state index contributed by atoms with van der Waals surface area (Å²) in [5.74, 6) is 1.31. The molecule has 0 aliphatic carbocycles. The third kappa shape index (κ3) is 2.85. The molecule has 0 radical (unpaired) electrons. The van der Waals surface area contributed by atoms with Gasteiger partial charge in [-0.2, -0.15) is 4.98 Å². The first kappa shape index (κ1) is 9.70. The van der Waals surface area contributed by atoms with Crippen LogP contribution in [0.3, 0.4) is 0 Å². The Morgan fingerprint density at radius 3 is 2.54 bits per heavy atom. The van der Waals surface area contributed by atoms with Crippen LogP contribution in [-0.4, -0.2) is 21.0 Å². The molecule has 0 aliphatic rings. The number of nitrogens with two attached hydrogens (primary N) is 1. The number of anilines is 2. The third-order valence-corrected chi connectivity index (χ3v) is 1.95. The largest absolute Gasteiger partial charge is 0.368 e. The minimum atomic E-state index is 0.244. The molecule has 1 aromatic rings. The molecule has 0 bridgehead atoms. The second kappa shape index (κ2) is 4.02. The molecule has 0 spiro atoms. The van der Waals surface area contributed by atoms with Gasteiger partial charge in [-0.05, 0) is 12.8 Å². The van der Waals surface area contributed by atoms with Crippen LogP contribution in [0, 0.1) is 5.92 Å². The Morgan fingerprint density at radius 2 is 2.00 bits per heavy atom. The average Bonchev–Trinajstić information content (AvgIpc) is 2.04. The van der Waals surface area contributed by atoms with E-state index in [0.29, 0.717) is 17.9 Å². The summed E-state index contributed by atoms with van der Waals surface area (Å²) in [5.41, 5.74) is 5.41. The van der Waals surface area contributed by atoms with E-state index in [1.165, 1.54) is 6.33 Å². The van der Waals surface area contributed by atoms with Crippen molar-refractivity contribution in [3.05, 3.63) is 6.33 Å². The predicted octanol–water partition coefficient (Wildman–Crippen LogP) is 0.910. The van der Waals surface area contributed by atoms with Crippen LogP contribution >= 0.6 is 0 Å². The van der Waals surface area contributed by atoms with Crippen molar-refractivity contribution < 1.29 is 0 Å². The summed E-state index contributed by atoms with van der Waals surface area (Å²) >= 11 is 0. The van der Waals surface area contributed by atoms with Gasteiger partial charge in [-0.3, -0.25) is 0 Å². The van der Waals surface area contributed by atoms with Crippen LogP contribution < -0.4 is 11.1 Å². The number of nitrogen functional groups attached to an aromatic ring is 1. The van der Waals surface area contributed by atoms with Crippen molar-refractivity contribution in [1.29, 1.82) is 0 Å². The second-order valence-electron chi connectivity index (χ2n) is 3.34. The van der Waals surface area contributed by atoms with Gasteiger partial charge in [0.15, 0.2) is 0 Å². The maximum Gasteiger partial charge on any atom is 0.227 e. The number of aromatic nitrogens is 3. The molecule has 1 unspecified atom stereocenters. The number of hydrogen-bond acceptors (Lipinski definition) is 5. The Kier molecular flexibility index (Phi) is 3.00. The maximum atomic E-state index is 5.41. The summed E-state index contributed by atoms with van der Waals surface area (Å²) in [6.45, 7) is 6.33. The Hall–Kier alpha value is -1.39. The topological polar surface area (TPSA) is 76.7 Å². The standard InChI is InChI=1S/C8H15N5/c1-5(2)6(3)12-8-11-4-10-7(9)13-8/h4-6H,1-3H3,(H3,9,10,11,12,13). The Bertz CT molecular complexity index is 273. The highest BCUT2D eigenvalue weighted by molar-refractivity contribution is 5.29. The summed E-state index contributed by atoms with van der Waals surface area (Å²) in [5, 5.41) is 3.14. The molecule has 0 saturated carbocycles. The van der Waals surface area contributed by atoms with E-state index in [9.17, 15) is 0 Å². The minimum absolute atomic E-state index is 0.244. The maximum absolute atomic E-state index is 5.41. The fraction of sp³-hybridized carbons (Fsp3) is 0.625. The highest BCUT2D eigenvalue weighted by atomic mass is 15.2. The van der Waals surface area contributed by atoms with Crippen molar-refractivity contribution in [2.75, 3.05) is 11.1 Å². The second-order valence-corrected chi connectivity index (χ2v) is 3.34. The predicted molar refractivity (Wildman–Crippen MR) is 52.2 cm³/mol. The monoisotopic (exact) mass is 181 g/mol. The van der Waals surface area contributed by atoms with E-state index < -0.39 is 0 Å². The molecule has 1 atom stereocenters. The molecule has 1 rings (SSSR count). The van der Waals surface area contributed by atoms with Gasteiger partial charge in [-0.1, -0.05) is 13.8 Å². The number of rotatable bonds is 3. The lowest BCUT2D eigenvalue weighted by molar-refractivity contribution is 0.556. The van der Waals surface area contributed by atoms with Crippen LogP contribution in [-0.2, 0) is 0 Å². The van der Waals surface area contributed by atoms with E-state index in [-0.39, 0.29) is 5.95 Å². The van der Waals surface area contributed by atoms with E-state index in [2.05, 4.69) is 41.0 Å².